The van der Waals surface area contributed by atoms with Crippen molar-refractivity contribution >= 4 is 0 Å². The monoisotopic (exact) mass is 184 g/mol. The van der Waals surface area contributed by atoms with Crippen molar-refractivity contribution in [3.8, 4) is 0 Å². The van der Waals surface area contributed by atoms with Crippen molar-refractivity contribution in [2.24, 2.45) is 17.3 Å². The molecule has 1 heteroatoms. The summed E-state index contributed by atoms with van der Waals surface area (Å²) in [5.74, 6) is 1.15. The number of rotatable bonds is 3. The molecule has 0 aliphatic heterocycles. The maximum atomic E-state index is 10.1. The molecule has 0 bridgehead atoms. The predicted molar refractivity (Wildman–Crippen MR) is 56.6 cm³/mol. The van der Waals surface area contributed by atoms with Crippen molar-refractivity contribution in [3.05, 3.63) is 0 Å². The van der Waals surface area contributed by atoms with Crippen LogP contribution in [0.3, 0.4) is 0 Å². The summed E-state index contributed by atoms with van der Waals surface area (Å²) in [4.78, 5) is 0. The molecule has 0 spiro atoms. The van der Waals surface area contributed by atoms with Gasteiger partial charge in [-0.05, 0) is 36.5 Å². The molecule has 1 saturated carbocycles. The molecular formula is C12H24O. The summed E-state index contributed by atoms with van der Waals surface area (Å²) in [7, 11) is 0. The Kier molecular flexibility index (Phi) is 3.39. The van der Waals surface area contributed by atoms with Gasteiger partial charge in [-0.2, -0.15) is 0 Å². The van der Waals surface area contributed by atoms with Gasteiger partial charge in [-0.1, -0.05) is 34.1 Å². The molecule has 1 N–H and O–H groups in total. The Morgan fingerprint density at radius 2 is 2.00 bits per heavy atom. The van der Waals surface area contributed by atoms with Gasteiger partial charge < -0.3 is 5.11 Å². The largest absolute Gasteiger partial charge is 0.393 e. The first-order valence-corrected chi connectivity index (χ1v) is 5.61. The highest BCUT2D eigenvalue weighted by molar-refractivity contribution is 4.89. The summed E-state index contributed by atoms with van der Waals surface area (Å²) in [6.07, 6.45) is 4.70. The van der Waals surface area contributed by atoms with Crippen LogP contribution < -0.4 is 0 Å². The molecule has 0 radical (unpaired) electrons. The van der Waals surface area contributed by atoms with E-state index >= 15 is 0 Å². The SMILES string of the molecule is CC(C)CC(O)C1CCCC1(C)C. The maximum absolute atomic E-state index is 10.1. The summed E-state index contributed by atoms with van der Waals surface area (Å²) in [5, 5.41) is 10.1. The van der Waals surface area contributed by atoms with E-state index in [0.717, 1.165) is 6.42 Å². The lowest BCUT2D eigenvalue weighted by atomic mass is 9.77. The van der Waals surface area contributed by atoms with Gasteiger partial charge in [-0.25, -0.2) is 0 Å². The molecule has 0 aromatic heterocycles. The number of hydrogen-bond acceptors (Lipinski definition) is 1. The van der Waals surface area contributed by atoms with Crippen molar-refractivity contribution in [2.45, 2.75) is 59.5 Å². The average molecular weight is 184 g/mol. The second-order valence-corrected chi connectivity index (χ2v) is 5.68. The number of aliphatic hydroxyl groups excluding tert-OH is 1. The van der Waals surface area contributed by atoms with Gasteiger partial charge in [0.2, 0.25) is 0 Å². The highest BCUT2D eigenvalue weighted by Gasteiger charge is 2.38. The van der Waals surface area contributed by atoms with Crippen LogP contribution in [0.2, 0.25) is 0 Å². The Bertz CT molecular complexity index is 161. The second kappa shape index (κ2) is 4.00. The van der Waals surface area contributed by atoms with Crippen molar-refractivity contribution in [3.63, 3.8) is 0 Å². The summed E-state index contributed by atoms with van der Waals surface area (Å²) in [6, 6.07) is 0. The van der Waals surface area contributed by atoms with Crippen LogP contribution in [0.4, 0.5) is 0 Å². The van der Waals surface area contributed by atoms with Gasteiger partial charge in [0.15, 0.2) is 0 Å². The highest BCUT2D eigenvalue weighted by atomic mass is 16.3. The minimum absolute atomic E-state index is 0.0718. The third-order valence-electron chi connectivity index (χ3n) is 3.52. The lowest BCUT2D eigenvalue weighted by Crippen LogP contribution is -2.30. The van der Waals surface area contributed by atoms with Crippen molar-refractivity contribution < 1.29 is 5.11 Å². The fourth-order valence-corrected chi connectivity index (χ4v) is 2.71. The molecule has 2 atom stereocenters. The van der Waals surface area contributed by atoms with E-state index in [4.69, 9.17) is 0 Å². The first-order chi connectivity index (χ1) is 5.93. The molecule has 13 heavy (non-hydrogen) atoms. The van der Waals surface area contributed by atoms with Crippen LogP contribution in [0.1, 0.15) is 53.4 Å². The van der Waals surface area contributed by atoms with Gasteiger partial charge in [-0.15, -0.1) is 0 Å². The lowest BCUT2D eigenvalue weighted by Gasteiger charge is -2.31. The minimum atomic E-state index is -0.0718. The number of hydrogen-bond donors (Lipinski definition) is 1. The van der Waals surface area contributed by atoms with E-state index in [9.17, 15) is 5.11 Å². The molecule has 0 aromatic carbocycles. The third-order valence-corrected chi connectivity index (χ3v) is 3.52. The lowest BCUT2D eigenvalue weighted by molar-refractivity contribution is 0.0386. The molecule has 1 aliphatic carbocycles. The van der Waals surface area contributed by atoms with Crippen LogP contribution in [0.5, 0.6) is 0 Å². The van der Waals surface area contributed by atoms with Gasteiger partial charge in [0.1, 0.15) is 0 Å². The van der Waals surface area contributed by atoms with Crippen LogP contribution in [0, 0.1) is 17.3 Å². The van der Waals surface area contributed by atoms with E-state index in [0.29, 0.717) is 17.3 Å². The van der Waals surface area contributed by atoms with Crippen LogP contribution in [-0.4, -0.2) is 11.2 Å². The number of aliphatic hydroxyl groups is 1. The van der Waals surface area contributed by atoms with Crippen molar-refractivity contribution in [2.75, 3.05) is 0 Å². The fourth-order valence-electron chi connectivity index (χ4n) is 2.71. The van der Waals surface area contributed by atoms with E-state index in [2.05, 4.69) is 27.7 Å². The van der Waals surface area contributed by atoms with E-state index < -0.39 is 0 Å². The molecule has 0 saturated heterocycles. The average Bonchev–Trinajstić information content (AvgIpc) is 2.27. The molecule has 1 aliphatic rings. The quantitative estimate of drug-likeness (QED) is 0.714. The standard InChI is InChI=1S/C12H24O/c1-9(2)8-11(13)10-6-5-7-12(10,3)4/h9-11,13H,5-8H2,1-4H3. The molecule has 0 amide bonds. The minimum Gasteiger partial charge on any atom is -0.393 e. The molecule has 0 heterocycles. The van der Waals surface area contributed by atoms with Crippen molar-refractivity contribution in [1.82, 2.24) is 0 Å². The van der Waals surface area contributed by atoms with Crippen molar-refractivity contribution in [1.29, 1.82) is 0 Å². The molecule has 78 valence electrons. The normalized spacial score (nSPS) is 29.5. The molecule has 1 rings (SSSR count). The Labute approximate surface area is 82.5 Å². The smallest absolute Gasteiger partial charge is 0.0575 e. The van der Waals surface area contributed by atoms with Crippen LogP contribution in [0.25, 0.3) is 0 Å². The Hall–Kier alpha value is -0.0400. The van der Waals surface area contributed by atoms with E-state index in [-0.39, 0.29) is 6.10 Å². The highest BCUT2D eigenvalue weighted by Crippen LogP contribution is 2.45. The third kappa shape index (κ3) is 2.70. The summed E-state index contributed by atoms with van der Waals surface area (Å²) in [6.45, 7) is 8.97. The van der Waals surface area contributed by atoms with E-state index in [1.807, 2.05) is 0 Å². The molecule has 0 aromatic rings. The first-order valence-electron chi connectivity index (χ1n) is 5.61. The van der Waals surface area contributed by atoms with Gasteiger partial charge in [0, 0.05) is 0 Å². The van der Waals surface area contributed by atoms with E-state index in [1.165, 1.54) is 19.3 Å². The fraction of sp³-hybridized carbons (Fsp3) is 1.00. The van der Waals surface area contributed by atoms with Gasteiger partial charge in [0.25, 0.3) is 0 Å². The predicted octanol–water partition coefficient (Wildman–Crippen LogP) is 3.22. The zero-order chi connectivity index (χ0) is 10.1. The summed E-state index contributed by atoms with van der Waals surface area (Å²) < 4.78 is 0. The topological polar surface area (TPSA) is 20.2 Å². The van der Waals surface area contributed by atoms with E-state index in [1.54, 1.807) is 0 Å². The van der Waals surface area contributed by atoms with Gasteiger partial charge >= 0.3 is 0 Å². The Morgan fingerprint density at radius 3 is 2.38 bits per heavy atom. The van der Waals surface area contributed by atoms with Crippen LogP contribution in [0.15, 0.2) is 0 Å². The Balaban J connectivity index is 2.51. The molecule has 2 unspecified atom stereocenters. The molecular weight excluding hydrogens is 160 g/mol. The van der Waals surface area contributed by atoms with Gasteiger partial charge in [-0.3, -0.25) is 0 Å². The van der Waals surface area contributed by atoms with Crippen LogP contribution in [-0.2, 0) is 0 Å². The zero-order valence-electron chi connectivity index (χ0n) is 9.51. The van der Waals surface area contributed by atoms with Gasteiger partial charge in [0.05, 0.1) is 6.10 Å². The first kappa shape index (κ1) is 11.0. The van der Waals surface area contributed by atoms with Crippen LogP contribution >= 0.6 is 0 Å². The Morgan fingerprint density at radius 1 is 1.38 bits per heavy atom. The second-order valence-electron chi connectivity index (χ2n) is 5.68. The zero-order valence-corrected chi connectivity index (χ0v) is 9.51. The summed E-state index contributed by atoms with van der Waals surface area (Å²) in [5.41, 5.74) is 0.369. The summed E-state index contributed by atoms with van der Waals surface area (Å²) >= 11 is 0. The maximum Gasteiger partial charge on any atom is 0.0575 e. The molecule has 1 nitrogen and oxygen atoms in total. The molecule has 1 fully saturated rings.